The molecular weight excluding hydrogens is 252 g/mol. The lowest BCUT2D eigenvalue weighted by Crippen LogP contribution is -2.37. The Kier molecular flexibility index (Phi) is 4.35. The molecule has 0 spiro atoms. The summed E-state index contributed by atoms with van der Waals surface area (Å²) < 4.78 is 2.00. The van der Waals surface area contributed by atoms with E-state index < -0.39 is 0 Å². The molecule has 1 aliphatic carbocycles. The number of nitrogens with one attached hydrogen (secondary N) is 1. The molecule has 2 fully saturated rings. The van der Waals surface area contributed by atoms with Gasteiger partial charge in [0, 0.05) is 6.07 Å². The number of hydrogen-bond acceptors (Lipinski definition) is 3. The predicted octanol–water partition coefficient (Wildman–Crippen LogP) is 2.42. The van der Waals surface area contributed by atoms with E-state index >= 15 is 0 Å². The van der Waals surface area contributed by atoms with E-state index in [0.717, 1.165) is 18.9 Å². The van der Waals surface area contributed by atoms with Crippen LogP contribution in [0.3, 0.4) is 0 Å². The molecule has 1 saturated carbocycles. The third-order valence-corrected chi connectivity index (χ3v) is 4.42. The van der Waals surface area contributed by atoms with E-state index in [-0.39, 0.29) is 5.91 Å². The highest BCUT2D eigenvalue weighted by atomic mass is 16.2. The minimum atomic E-state index is 0.0895. The minimum Gasteiger partial charge on any atom is -0.310 e. The van der Waals surface area contributed by atoms with Crippen LogP contribution in [0, 0.1) is 0 Å². The van der Waals surface area contributed by atoms with Crippen LogP contribution < -0.4 is 5.32 Å². The Morgan fingerprint density at radius 1 is 1.20 bits per heavy atom. The van der Waals surface area contributed by atoms with Crippen molar-refractivity contribution < 1.29 is 4.79 Å². The quantitative estimate of drug-likeness (QED) is 0.919. The zero-order chi connectivity index (χ0) is 13.8. The highest BCUT2D eigenvalue weighted by Crippen LogP contribution is 2.31. The molecule has 1 aliphatic heterocycles. The first-order valence-electron chi connectivity index (χ1n) is 7.88. The Labute approximate surface area is 120 Å². The largest absolute Gasteiger partial charge is 0.310 e. The molecule has 0 radical (unpaired) electrons. The molecule has 1 amide bonds. The third kappa shape index (κ3) is 3.20. The van der Waals surface area contributed by atoms with Crippen molar-refractivity contribution >= 4 is 11.7 Å². The molecular formula is C15H24N4O. The molecule has 0 atom stereocenters. The van der Waals surface area contributed by atoms with E-state index in [4.69, 9.17) is 0 Å². The third-order valence-electron chi connectivity index (χ3n) is 4.42. The number of aromatic nitrogens is 2. The van der Waals surface area contributed by atoms with Crippen molar-refractivity contribution in [2.45, 2.75) is 51.0 Å². The van der Waals surface area contributed by atoms with E-state index in [1.54, 1.807) is 6.20 Å². The van der Waals surface area contributed by atoms with Crippen molar-refractivity contribution in [3.8, 4) is 0 Å². The minimum absolute atomic E-state index is 0.0895. The molecule has 2 aliphatic rings. The van der Waals surface area contributed by atoms with E-state index in [2.05, 4.69) is 15.3 Å². The summed E-state index contributed by atoms with van der Waals surface area (Å²) in [6.07, 6.45) is 10.4. The lowest BCUT2D eigenvalue weighted by Gasteiger charge is -2.25. The summed E-state index contributed by atoms with van der Waals surface area (Å²) in [6.45, 7) is 2.61. The number of piperidine rings is 1. The Bertz CT molecular complexity index is 444. The maximum atomic E-state index is 12.2. The van der Waals surface area contributed by atoms with Crippen LogP contribution in [0.15, 0.2) is 12.3 Å². The zero-order valence-electron chi connectivity index (χ0n) is 12.1. The van der Waals surface area contributed by atoms with Crippen LogP contribution in [0.4, 0.5) is 5.82 Å². The van der Waals surface area contributed by atoms with Crippen molar-refractivity contribution in [2.75, 3.05) is 25.0 Å². The smallest absolute Gasteiger partial charge is 0.239 e. The average Bonchev–Trinajstić information content (AvgIpc) is 3.10. The Morgan fingerprint density at radius 3 is 2.70 bits per heavy atom. The number of anilines is 1. The van der Waals surface area contributed by atoms with Crippen molar-refractivity contribution in [3.63, 3.8) is 0 Å². The van der Waals surface area contributed by atoms with Crippen molar-refractivity contribution in [3.05, 3.63) is 12.3 Å². The first-order chi connectivity index (χ1) is 9.83. The van der Waals surface area contributed by atoms with Crippen LogP contribution >= 0.6 is 0 Å². The number of likely N-dealkylation sites (tertiary alicyclic amines) is 1. The van der Waals surface area contributed by atoms with Gasteiger partial charge >= 0.3 is 0 Å². The van der Waals surface area contributed by atoms with Gasteiger partial charge in [0.2, 0.25) is 5.91 Å². The summed E-state index contributed by atoms with van der Waals surface area (Å²) in [4.78, 5) is 14.4. The lowest BCUT2D eigenvalue weighted by molar-refractivity contribution is -0.117. The maximum absolute atomic E-state index is 12.2. The predicted molar refractivity (Wildman–Crippen MR) is 78.7 cm³/mol. The van der Waals surface area contributed by atoms with Gasteiger partial charge in [-0.1, -0.05) is 19.3 Å². The fourth-order valence-electron chi connectivity index (χ4n) is 3.36. The normalized spacial score (nSPS) is 21.2. The Hall–Kier alpha value is -1.36. The molecule has 1 aromatic heterocycles. The number of hydrogen-bond donors (Lipinski definition) is 1. The van der Waals surface area contributed by atoms with Gasteiger partial charge in [-0.25, -0.2) is 4.68 Å². The van der Waals surface area contributed by atoms with Gasteiger partial charge in [-0.2, -0.15) is 5.10 Å². The second-order valence-electron chi connectivity index (χ2n) is 5.98. The van der Waals surface area contributed by atoms with E-state index in [0.29, 0.717) is 12.6 Å². The summed E-state index contributed by atoms with van der Waals surface area (Å²) in [5, 5.41) is 7.42. The average molecular weight is 276 g/mol. The zero-order valence-corrected chi connectivity index (χ0v) is 12.1. The SMILES string of the molecule is O=C(CN1CCCCC1)Nc1ccnn1C1CCCC1. The maximum Gasteiger partial charge on any atom is 0.239 e. The second kappa shape index (κ2) is 6.39. The fraction of sp³-hybridized carbons (Fsp3) is 0.733. The van der Waals surface area contributed by atoms with Gasteiger partial charge in [0.25, 0.3) is 0 Å². The van der Waals surface area contributed by atoms with E-state index in [1.807, 2.05) is 10.7 Å². The van der Waals surface area contributed by atoms with Gasteiger partial charge in [0.05, 0.1) is 18.8 Å². The lowest BCUT2D eigenvalue weighted by atomic mass is 10.1. The molecule has 110 valence electrons. The van der Waals surface area contributed by atoms with Crippen LogP contribution in [0.1, 0.15) is 51.0 Å². The summed E-state index contributed by atoms with van der Waals surface area (Å²) >= 11 is 0. The molecule has 2 heterocycles. The molecule has 20 heavy (non-hydrogen) atoms. The van der Waals surface area contributed by atoms with Crippen LogP contribution in [-0.2, 0) is 4.79 Å². The summed E-state index contributed by atoms with van der Waals surface area (Å²) in [7, 11) is 0. The molecule has 0 aromatic carbocycles. The van der Waals surface area contributed by atoms with E-state index in [1.165, 1.54) is 44.9 Å². The van der Waals surface area contributed by atoms with E-state index in [9.17, 15) is 4.79 Å². The molecule has 5 heteroatoms. The van der Waals surface area contributed by atoms with Crippen molar-refractivity contribution in [1.29, 1.82) is 0 Å². The van der Waals surface area contributed by atoms with Gasteiger partial charge in [-0.15, -0.1) is 0 Å². The number of amides is 1. The molecule has 1 saturated heterocycles. The number of carbonyl (C=O) groups is 1. The van der Waals surface area contributed by atoms with Crippen molar-refractivity contribution in [1.82, 2.24) is 14.7 Å². The second-order valence-corrected chi connectivity index (χ2v) is 5.98. The Morgan fingerprint density at radius 2 is 1.95 bits per heavy atom. The van der Waals surface area contributed by atoms with Gasteiger partial charge in [0.1, 0.15) is 5.82 Å². The summed E-state index contributed by atoms with van der Waals surface area (Å²) in [5.74, 6) is 0.950. The van der Waals surface area contributed by atoms with Crippen LogP contribution in [-0.4, -0.2) is 40.2 Å². The monoisotopic (exact) mass is 276 g/mol. The molecule has 1 N–H and O–H groups in total. The highest BCUT2D eigenvalue weighted by Gasteiger charge is 2.21. The van der Waals surface area contributed by atoms with Crippen LogP contribution in [0.5, 0.6) is 0 Å². The highest BCUT2D eigenvalue weighted by molar-refractivity contribution is 5.91. The Balaban J connectivity index is 1.56. The number of carbonyl (C=O) groups excluding carboxylic acids is 1. The molecule has 3 rings (SSSR count). The van der Waals surface area contributed by atoms with Crippen LogP contribution in [0.2, 0.25) is 0 Å². The van der Waals surface area contributed by atoms with Gasteiger partial charge in [0.15, 0.2) is 0 Å². The fourth-order valence-corrected chi connectivity index (χ4v) is 3.36. The van der Waals surface area contributed by atoms with Gasteiger partial charge in [-0.05, 0) is 38.8 Å². The topological polar surface area (TPSA) is 50.2 Å². The number of rotatable bonds is 4. The van der Waals surface area contributed by atoms with Crippen molar-refractivity contribution in [2.24, 2.45) is 0 Å². The first-order valence-corrected chi connectivity index (χ1v) is 7.88. The molecule has 5 nitrogen and oxygen atoms in total. The van der Waals surface area contributed by atoms with Crippen LogP contribution in [0.25, 0.3) is 0 Å². The number of nitrogens with zero attached hydrogens (tertiary/aromatic N) is 3. The van der Waals surface area contributed by atoms with Gasteiger partial charge in [-0.3, -0.25) is 9.69 Å². The molecule has 0 unspecified atom stereocenters. The molecule has 1 aromatic rings. The first kappa shape index (κ1) is 13.6. The summed E-state index contributed by atoms with van der Waals surface area (Å²) in [6, 6.07) is 2.38. The molecule has 0 bridgehead atoms. The summed E-state index contributed by atoms with van der Waals surface area (Å²) in [5.41, 5.74) is 0. The standard InChI is InChI=1S/C15H24N4O/c20-15(12-18-10-4-1-5-11-18)17-14-8-9-16-19(14)13-6-2-3-7-13/h8-9,13H,1-7,10-12H2,(H,17,20). The van der Waals surface area contributed by atoms with Gasteiger partial charge < -0.3 is 5.32 Å².